The Morgan fingerprint density at radius 3 is 3.00 bits per heavy atom. The third kappa shape index (κ3) is 2.99. The topological polar surface area (TPSA) is 21.3 Å². The normalized spacial score (nSPS) is 20.7. The van der Waals surface area contributed by atoms with Gasteiger partial charge in [-0.1, -0.05) is 31.5 Å². The van der Waals surface area contributed by atoms with E-state index in [1.165, 1.54) is 24.8 Å². The van der Waals surface area contributed by atoms with E-state index in [4.69, 9.17) is 4.74 Å². The van der Waals surface area contributed by atoms with Crippen LogP contribution >= 0.6 is 0 Å². The summed E-state index contributed by atoms with van der Waals surface area (Å²) in [5.41, 5.74) is 1.34. The molecular formula is C14H21NO. The first-order valence-corrected chi connectivity index (χ1v) is 6.35. The number of ether oxygens (including phenoxy) is 1. The summed E-state index contributed by atoms with van der Waals surface area (Å²) in [6.07, 6.45) is 5.03. The Balaban J connectivity index is 2.01. The van der Waals surface area contributed by atoms with Crippen LogP contribution in [-0.2, 0) is 6.42 Å². The predicted octanol–water partition coefficient (Wildman–Crippen LogP) is 2.77. The van der Waals surface area contributed by atoms with Gasteiger partial charge in [-0.2, -0.15) is 0 Å². The van der Waals surface area contributed by atoms with Crippen molar-refractivity contribution < 1.29 is 4.74 Å². The van der Waals surface area contributed by atoms with Crippen LogP contribution in [0.25, 0.3) is 0 Å². The minimum atomic E-state index is 0.353. The van der Waals surface area contributed by atoms with E-state index in [-0.39, 0.29) is 0 Å². The average molecular weight is 219 g/mol. The monoisotopic (exact) mass is 219 g/mol. The molecule has 1 aliphatic rings. The van der Waals surface area contributed by atoms with Crippen molar-refractivity contribution in [1.82, 2.24) is 5.32 Å². The third-order valence-electron chi connectivity index (χ3n) is 3.04. The van der Waals surface area contributed by atoms with Gasteiger partial charge in [0.25, 0.3) is 0 Å². The van der Waals surface area contributed by atoms with Crippen LogP contribution in [0.3, 0.4) is 0 Å². The van der Waals surface area contributed by atoms with Gasteiger partial charge in [0, 0.05) is 6.54 Å². The molecule has 2 rings (SSSR count). The van der Waals surface area contributed by atoms with E-state index in [1.54, 1.807) is 0 Å². The summed E-state index contributed by atoms with van der Waals surface area (Å²) in [6.45, 7) is 4.33. The molecule has 2 heteroatoms. The van der Waals surface area contributed by atoms with Crippen molar-refractivity contribution in [3.8, 4) is 5.75 Å². The van der Waals surface area contributed by atoms with Gasteiger partial charge in [0.1, 0.15) is 11.9 Å². The number of aryl methyl sites for hydroxylation is 1. The summed E-state index contributed by atoms with van der Waals surface area (Å²) in [7, 11) is 0. The molecule has 1 atom stereocenters. The molecule has 1 aromatic carbocycles. The van der Waals surface area contributed by atoms with Gasteiger partial charge < -0.3 is 10.1 Å². The number of nitrogens with one attached hydrogen (secondary N) is 1. The zero-order chi connectivity index (χ0) is 11.2. The van der Waals surface area contributed by atoms with Crippen molar-refractivity contribution in [2.24, 2.45) is 0 Å². The highest BCUT2D eigenvalue weighted by atomic mass is 16.5. The van der Waals surface area contributed by atoms with Crippen molar-refractivity contribution in [3.63, 3.8) is 0 Å². The largest absolute Gasteiger partial charge is 0.489 e. The van der Waals surface area contributed by atoms with Crippen molar-refractivity contribution in [2.45, 2.75) is 38.7 Å². The lowest BCUT2D eigenvalue weighted by Crippen LogP contribution is -2.37. The van der Waals surface area contributed by atoms with Crippen molar-refractivity contribution in [2.75, 3.05) is 13.1 Å². The van der Waals surface area contributed by atoms with Gasteiger partial charge in [0.05, 0.1) is 0 Å². The maximum absolute atomic E-state index is 6.08. The molecule has 1 N–H and O–H groups in total. The molecule has 1 unspecified atom stereocenters. The highest BCUT2D eigenvalue weighted by Crippen LogP contribution is 2.22. The van der Waals surface area contributed by atoms with E-state index in [0.717, 1.165) is 25.3 Å². The quantitative estimate of drug-likeness (QED) is 0.840. The predicted molar refractivity (Wildman–Crippen MR) is 67.0 cm³/mol. The number of hydrogen-bond acceptors (Lipinski definition) is 2. The smallest absolute Gasteiger partial charge is 0.122 e. The van der Waals surface area contributed by atoms with Crippen LogP contribution in [0.2, 0.25) is 0 Å². The summed E-state index contributed by atoms with van der Waals surface area (Å²) in [6, 6.07) is 8.43. The zero-order valence-corrected chi connectivity index (χ0v) is 10.0. The number of piperidine rings is 1. The van der Waals surface area contributed by atoms with Crippen LogP contribution in [-0.4, -0.2) is 19.2 Å². The molecule has 1 fully saturated rings. The zero-order valence-electron chi connectivity index (χ0n) is 10.0. The molecule has 16 heavy (non-hydrogen) atoms. The maximum Gasteiger partial charge on any atom is 0.122 e. The van der Waals surface area contributed by atoms with E-state index in [2.05, 4.69) is 36.5 Å². The summed E-state index contributed by atoms with van der Waals surface area (Å²) >= 11 is 0. The SMILES string of the molecule is CCCc1ccccc1OC1CCCNC1. The van der Waals surface area contributed by atoms with Gasteiger partial charge in [-0.25, -0.2) is 0 Å². The first-order chi connectivity index (χ1) is 7.90. The van der Waals surface area contributed by atoms with E-state index in [0.29, 0.717) is 6.10 Å². The first kappa shape index (κ1) is 11.5. The molecule has 1 saturated heterocycles. The van der Waals surface area contributed by atoms with Crippen molar-refractivity contribution in [3.05, 3.63) is 29.8 Å². The third-order valence-corrected chi connectivity index (χ3v) is 3.04. The first-order valence-electron chi connectivity index (χ1n) is 6.35. The van der Waals surface area contributed by atoms with Crippen LogP contribution in [0, 0.1) is 0 Å². The Morgan fingerprint density at radius 2 is 2.25 bits per heavy atom. The fourth-order valence-electron chi connectivity index (χ4n) is 2.19. The van der Waals surface area contributed by atoms with Gasteiger partial charge in [0.15, 0.2) is 0 Å². The molecule has 0 spiro atoms. The fourth-order valence-corrected chi connectivity index (χ4v) is 2.19. The molecular weight excluding hydrogens is 198 g/mol. The van der Waals surface area contributed by atoms with E-state index in [1.807, 2.05) is 0 Å². The van der Waals surface area contributed by atoms with Crippen LogP contribution < -0.4 is 10.1 Å². The van der Waals surface area contributed by atoms with E-state index < -0.39 is 0 Å². The Bertz CT molecular complexity index is 318. The molecule has 1 aliphatic heterocycles. The molecule has 1 heterocycles. The number of para-hydroxylation sites is 1. The van der Waals surface area contributed by atoms with Crippen LogP contribution in [0.1, 0.15) is 31.7 Å². The fraction of sp³-hybridized carbons (Fsp3) is 0.571. The Kier molecular flexibility index (Phi) is 4.23. The highest BCUT2D eigenvalue weighted by molar-refractivity contribution is 5.33. The molecule has 0 saturated carbocycles. The van der Waals surface area contributed by atoms with Gasteiger partial charge in [-0.3, -0.25) is 0 Å². The average Bonchev–Trinajstić information content (AvgIpc) is 2.33. The van der Waals surface area contributed by atoms with Gasteiger partial charge in [0.2, 0.25) is 0 Å². The molecule has 0 radical (unpaired) electrons. The molecule has 0 amide bonds. The second-order valence-electron chi connectivity index (χ2n) is 4.44. The van der Waals surface area contributed by atoms with Gasteiger partial charge in [-0.05, 0) is 37.4 Å². The lowest BCUT2D eigenvalue weighted by molar-refractivity contribution is 0.165. The van der Waals surface area contributed by atoms with E-state index in [9.17, 15) is 0 Å². The number of hydrogen-bond donors (Lipinski definition) is 1. The molecule has 0 aliphatic carbocycles. The van der Waals surface area contributed by atoms with E-state index >= 15 is 0 Å². The maximum atomic E-state index is 6.08. The van der Waals surface area contributed by atoms with Gasteiger partial charge >= 0.3 is 0 Å². The van der Waals surface area contributed by atoms with Gasteiger partial charge in [-0.15, -0.1) is 0 Å². The van der Waals surface area contributed by atoms with Crippen LogP contribution in [0.5, 0.6) is 5.75 Å². The second kappa shape index (κ2) is 5.90. The van der Waals surface area contributed by atoms with Crippen LogP contribution in [0.4, 0.5) is 0 Å². The number of benzene rings is 1. The summed E-state index contributed by atoms with van der Waals surface area (Å²) < 4.78 is 6.08. The Hall–Kier alpha value is -1.02. The highest BCUT2D eigenvalue weighted by Gasteiger charge is 2.15. The van der Waals surface area contributed by atoms with Crippen LogP contribution in [0.15, 0.2) is 24.3 Å². The number of rotatable bonds is 4. The molecule has 1 aromatic rings. The minimum Gasteiger partial charge on any atom is -0.489 e. The summed E-state index contributed by atoms with van der Waals surface area (Å²) in [4.78, 5) is 0. The van der Waals surface area contributed by atoms with Crippen molar-refractivity contribution in [1.29, 1.82) is 0 Å². The Labute approximate surface area is 98.0 Å². The molecule has 88 valence electrons. The molecule has 0 aromatic heterocycles. The molecule has 0 bridgehead atoms. The minimum absolute atomic E-state index is 0.353. The lowest BCUT2D eigenvalue weighted by atomic mass is 10.1. The second-order valence-corrected chi connectivity index (χ2v) is 4.44. The summed E-state index contributed by atoms with van der Waals surface area (Å²) in [5, 5.41) is 3.38. The summed E-state index contributed by atoms with van der Waals surface area (Å²) in [5.74, 6) is 1.08. The molecule has 2 nitrogen and oxygen atoms in total. The standard InChI is InChI=1S/C14H21NO/c1-2-6-12-7-3-4-9-14(12)16-13-8-5-10-15-11-13/h3-4,7,9,13,15H,2,5-6,8,10-11H2,1H3. The Morgan fingerprint density at radius 1 is 1.38 bits per heavy atom. The lowest BCUT2D eigenvalue weighted by Gasteiger charge is -2.25. The van der Waals surface area contributed by atoms with Crippen molar-refractivity contribution >= 4 is 0 Å².